The van der Waals surface area contributed by atoms with Crippen molar-refractivity contribution in [2.75, 3.05) is 27.2 Å². The molecule has 1 aromatic rings. The number of carbonyl (C=O) groups is 3. The Labute approximate surface area is 161 Å². The Morgan fingerprint density at radius 1 is 1.11 bits per heavy atom. The SMILES string of the molecule is CN1CC(=O)N(CC(=O)N(C)C2CCCCC2)[C@@H](Cc2ccccc2)C1=O. The number of rotatable bonds is 5. The summed E-state index contributed by atoms with van der Waals surface area (Å²) in [5, 5.41) is 0. The molecule has 1 heterocycles. The van der Waals surface area contributed by atoms with E-state index in [-0.39, 0.29) is 36.9 Å². The molecule has 1 saturated carbocycles. The van der Waals surface area contributed by atoms with Crippen molar-refractivity contribution in [3.05, 3.63) is 35.9 Å². The van der Waals surface area contributed by atoms with Crippen LogP contribution >= 0.6 is 0 Å². The number of amides is 3. The Morgan fingerprint density at radius 3 is 2.44 bits per heavy atom. The Balaban J connectivity index is 1.73. The van der Waals surface area contributed by atoms with E-state index in [1.807, 2.05) is 37.4 Å². The van der Waals surface area contributed by atoms with Crippen molar-refractivity contribution in [3.8, 4) is 0 Å². The lowest BCUT2D eigenvalue weighted by molar-refractivity contribution is -0.157. The lowest BCUT2D eigenvalue weighted by Crippen LogP contribution is -2.61. The molecule has 146 valence electrons. The maximum atomic E-state index is 12.8. The molecule has 1 saturated heterocycles. The van der Waals surface area contributed by atoms with Crippen LogP contribution in [0.3, 0.4) is 0 Å². The van der Waals surface area contributed by atoms with Crippen LogP contribution in [0.25, 0.3) is 0 Å². The van der Waals surface area contributed by atoms with Crippen LogP contribution in [0.5, 0.6) is 0 Å². The largest absolute Gasteiger partial charge is 0.341 e. The van der Waals surface area contributed by atoms with E-state index in [4.69, 9.17) is 0 Å². The van der Waals surface area contributed by atoms with Gasteiger partial charge in [0.1, 0.15) is 12.6 Å². The minimum atomic E-state index is -0.623. The summed E-state index contributed by atoms with van der Waals surface area (Å²) in [6.45, 7) is 0.00740. The topological polar surface area (TPSA) is 60.9 Å². The van der Waals surface area contributed by atoms with Crippen molar-refractivity contribution in [1.82, 2.24) is 14.7 Å². The van der Waals surface area contributed by atoms with Crippen LogP contribution in [-0.4, -0.2) is 71.7 Å². The molecule has 0 bridgehead atoms. The van der Waals surface area contributed by atoms with Gasteiger partial charge in [-0.3, -0.25) is 14.4 Å². The molecule has 1 aliphatic carbocycles. The summed E-state index contributed by atoms with van der Waals surface area (Å²) in [5.74, 6) is -0.347. The van der Waals surface area contributed by atoms with Gasteiger partial charge in [-0.1, -0.05) is 49.6 Å². The van der Waals surface area contributed by atoms with Crippen LogP contribution in [0.1, 0.15) is 37.7 Å². The van der Waals surface area contributed by atoms with Crippen molar-refractivity contribution < 1.29 is 14.4 Å². The summed E-state index contributed by atoms with van der Waals surface area (Å²) in [5.41, 5.74) is 0.983. The molecule has 6 nitrogen and oxygen atoms in total. The predicted octanol–water partition coefficient (Wildman–Crippen LogP) is 1.69. The van der Waals surface area contributed by atoms with Crippen LogP contribution in [0.15, 0.2) is 30.3 Å². The Bertz CT molecular complexity index is 685. The fourth-order valence-electron chi connectivity index (χ4n) is 4.10. The number of hydrogen-bond acceptors (Lipinski definition) is 3. The molecule has 0 radical (unpaired) electrons. The molecule has 2 aliphatic rings. The molecule has 1 aliphatic heterocycles. The fourth-order valence-corrected chi connectivity index (χ4v) is 4.10. The second-order valence-corrected chi connectivity index (χ2v) is 7.72. The van der Waals surface area contributed by atoms with E-state index in [1.54, 1.807) is 11.9 Å². The van der Waals surface area contributed by atoms with Crippen LogP contribution in [0, 0.1) is 0 Å². The molecule has 2 fully saturated rings. The molecule has 27 heavy (non-hydrogen) atoms. The highest BCUT2D eigenvalue weighted by Crippen LogP contribution is 2.23. The van der Waals surface area contributed by atoms with Gasteiger partial charge < -0.3 is 14.7 Å². The number of carbonyl (C=O) groups excluding carboxylic acids is 3. The first-order chi connectivity index (χ1) is 13.0. The maximum Gasteiger partial charge on any atom is 0.245 e. The van der Waals surface area contributed by atoms with E-state index in [9.17, 15) is 14.4 Å². The number of benzene rings is 1. The van der Waals surface area contributed by atoms with E-state index in [0.29, 0.717) is 6.42 Å². The van der Waals surface area contributed by atoms with Gasteiger partial charge in [-0.15, -0.1) is 0 Å². The van der Waals surface area contributed by atoms with Gasteiger partial charge in [0.2, 0.25) is 17.7 Å². The second-order valence-electron chi connectivity index (χ2n) is 7.72. The molecule has 6 heteroatoms. The third-order valence-corrected chi connectivity index (χ3v) is 5.82. The van der Waals surface area contributed by atoms with E-state index in [1.165, 1.54) is 16.2 Å². The van der Waals surface area contributed by atoms with Gasteiger partial charge in [-0.05, 0) is 18.4 Å². The second kappa shape index (κ2) is 8.55. The molecular formula is C21H29N3O3. The monoisotopic (exact) mass is 371 g/mol. The third-order valence-electron chi connectivity index (χ3n) is 5.82. The van der Waals surface area contributed by atoms with Crippen LogP contribution in [0.4, 0.5) is 0 Å². The van der Waals surface area contributed by atoms with Gasteiger partial charge in [0.05, 0.1) is 6.54 Å². The lowest BCUT2D eigenvalue weighted by Gasteiger charge is -2.40. The summed E-state index contributed by atoms with van der Waals surface area (Å²) in [6.07, 6.45) is 5.98. The summed E-state index contributed by atoms with van der Waals surface area (Å²) in [4.78, 5) is 43.0. The zero-order valence-electron chi connectivity index (χ0n) is 16.3. The molecule has 3 rings (SSSR count). The molecule has 0 N–H and O–H groups in total. The Kier molecular flexibility index (Phi) is 6.14. The van der Waals surface area contributed by atoms with Gasteiger partial charge >= 0.3 is 0 Å². The highest BCUT2D eigenvalue weighted by Gasteiger charge is 2.39. The first-order valence-corrected chi connectivity index (χ1v) is 9.81. The summed E-state index contributed by atoms with van der Waals surface area (Å²) < 4.78 is 0. The molecule has 0 aromatic heterocycles. The first kappa shape index (κ1) is 19.4. The van der Waals surface area contributed by atoms with E-state index >= 15 is 0 Å². The van der Waals surface area contributed by atoms with Crippen LogP contribution in [-0.2, 0) is 20.8 Å². The quantitative estimate of drug-likeness (QED) is 0.791. The van der Waals surface area contributed by atoms with Crippen molar-refractivity contribution in [3.63, 3.8) is 0 Å². The lowest BCUT2D eigenvalue weighted by atomic mass is 9.94. The normalized spacial score (nSPS) is 21.5. The predicted molar refractivity (Wildman–Crippen MR) is 103 cm³/mol. The van der Waals surface area contributed by atoms with Crippen molar-refractivity contribution >= 4 is 17.7 Å². The number of nitrogens with zero attached hydrogens (tertiary/aromatic N) is 3. The number of piperazine rings is 1. The Morgan fingerprint density at radius 2 is 1.78 bits per heavy atom. The van der Waals surface area contributed by atoms with Gasteiger partial charge in [0.25, 0.3) is 0 Å². The standard InChI is InChI=1S/C21H29N3O3/c1-22-14-20(26)24(15-19(25)23(2)17-11-7-4-8-12-17)18(21(22)27)13-16-9-5-3-6-10-16/h3,5-6,9-10,17-18H,4,7-8,11-15H2,1-2H3/t18-/m0/s1. The van der Waals surface area contributed by atoms with Crippen LogP contribution in [0.2, 0.25) is 0 Å². The Hall–Kier alpha value is -2.37. The average Bonchev–Trinajstić information content (AvgIpc) is 2.69. The van der Waals surface area contributed by atoms with Crippen molar-refractivity contribution in [1.29, 1.82) is 0 Å². The minimum Gasteiger partial charge on any atom is -0.341 e. The maximum absolute atomic E-state index is 12.8. The van der Waals surface area contributed by atoms with Crippen molar-refractivity contribution in [2.24, 2.45) is 0 Å². The molecule has 1 atom stereocenters. The molecular weight excluding hydrogens is 342 g/mol. The van der Waals surface area contributed by atoms with Gasteiger partial charge in [-0.2, -0.15) is 0 Å². The number of hydrogen-bond donors (Lipinski definition) is 0. The molecule has 3 amide bonds. The average molecular weight is 371 g/mol. The molecule has 1 aromatic carbocycles. The zero-order valence-corrected chi connectivity index (χ0v) is 16.3. The summed E-state index contributed by atoms with van der Waals surface area (Å²) in [7, 11) is 3.47. The van der Waals surface area contributed by atoms with E-state index in [0.717, 1.165) is 31.2 Å². The summed E-state index contributed by atoms with van der Waals surface area (Å²) in [6, 6.07) is 9.27. The highest BCUT2D eigenvalue weighted by molar-refractivity contribution is 5.97. The van der Waals surface area contributed by atoms with Crippen LogP contribution < -0.4 is 0 Å². The fraction of sp³-hybridized carbons (Fsp3) is 0.571. The highest BCUT2D eigenvalue weighted by atomic mass is 16.2. The van der Waals surface area contributed by atoms with E-state index < -0.39 is 6.04 Å². The minimum absolute atomic E-state index is 0.0249. The van der Waals surface area contributed by atoms with E-state index in [2.05, 4.69) is 0 Å². The summed E-state index contributed by atoms with van der Waals surface area (Å²) >= 11 is 0. The third kappa shape index (κ3) is 4.49. The smallest absolute Gasteiger partial charge is 0.245 e. The van der Waals surface area contributed by atoms with Gasteiger partial charge in [0.15, 0.2) is 0 Å². The number of likely N-dealkylation sites (N-methyl/N-ethyl adjacent to an activating group) is 2. The zero-order chi connectivity index (χ0) is 19.4. The molecule has 0 unspecified atom stereocenters. The molecule has 0 spiro atoms. The van der Waals surface area contributed by atoms with Crippen molar-refractivity contribution in [2.45, 2.75) is 50.6 Å². The first-order valence-electron chi connectivity index (χ1n) is 9.81. The van der Waals surface area contributed by atoms with Gasteiger partial charge in [0, 0.05) is 26.6 Å². The van der Waals surface area contributed by atoms with Gasteiger partial charge in [-0.25, -0.2) is 0 Å².